The molecule has 0 radical (unpaired) electrons. The number of hydrogen-bond acceptors (Lipinski definition) is 5. The van der Waals surface area contributed by atoms with Crippen LogP contribution in [0.25, 0.3) is 11.0 Å². The number of para-hydroxylation sites is 2. The minimum Gasteiger partial charge on any atom is -0.465 e. The minimum absolute atomic E-state index is 0.229. The van der Waals surface area contributed by atoms with Crippen LogP contribution in [-0.4, -0.2) is 40.8 Å². The number of anilines is 1. The van der Waals surface area contributed by atoms with Crippen LogP contribution < -0.4 is 4.90 Å². The zero-order valence-electron chi connectivity index (χ0n) is 18.1. The van der Waals surface area contributed by atoms with Crippen LogP contribution in [0.5, 0.6) is 0 Å². The van der Waals surface area contributed by atoms with Crippen LogP contribution in [0.1, 0.15) is 38.3 Å². The molecular formula is C24H27N3O3S. The Balaban J connectivity index is 1.95. The van der Waals surface area contributed by atoms with E-state index in [-0.39, 0.29) is 12.5 Å². The molecule has 3 aromatic rings. The normalized spacial score (nSPS) is 18.3. The molecule has 0 saturated heterocycles. The van der Waals surface area contributed by atoms with Gasteiger partial charge in [-0.15, -0.1) is 11.8 Å². The maximum atomic E-state index is 13.7. The lowest BCUT2D eigenvalue weighted by Crippen LogP contribution is -2.50. The number of unbranched alkanes of at least 4 members (excludes halogenated alkanes) is 1. The molecule has 0 N–H and O–H groups in total. The van der Waals surface area contributed by atoms with Crippen molar-refractivity contribution in [1.29, 1.82) is 0 Å². The number of fused-ring (bicyclic) bond motifs is 3. The van der Waals surface area contributed by atoms with E-state index < -0.39 is 17.9 Å². The molecule has 0 saturated carbocycles. The number of carbonyl (C=O) groups excluding carboxylic acids is 2. The Morgan fingerprint density at radius 3 is 2.55 bits per heavy atom. The number of carbonyl (C=O) groups is 2. The Morgan fingerprint density at radius 1 is 1.13 bits per heavy atom. The van der Waals surface area contributed by atoms with Crippen LogP contribution in [0.3, 0.4) is 0 Å². The van der Waals surface area contributed by atoms with Gasteiger partial charge in [0.25, 0.3) is 0 Å². The van der Waals surface area contributed by atoms with Gasteiger partial charge in [0.2, 0.25) is 11.9 Å². The second-order valence-electron chi connectivity index (χ2n) is 7.56. The van der Waals surface area contributed by atoms with E-state index in [0.29, 0.717) is 12.5 Å². The van der Waals surface area contributed by atoms with Gasteiger partial charge < -0.3 is 9.30 Å². The molecule has 0 unspecified atom stereocenters. The summed E-state index contributed by atoms with van der Waals surface area (Å²) in [5, 5.41) is 0. The molecule has 0 spiro atoms. The molecule has 0 bridgehead atoms. The van der Waals surface area contributed by atoms with E-state index in [1.165, 1.54) is 0 Å². The van der Waals surface area contributed by atoms with Crippen molar-refractivity contribution in [2.24, 2.45) is 5.92 Å². The monoisotopic (exact) mass is 437 g/mol. The molecule has 0 aliphatic carbocycles. The Hall–Kier alpha value is -2.80. The number of rotatable bonds is 7. The van der Waals surface area contributed by atoms with Gasteiger partial charge in [-0.2, -0.15) is 0 Å². The van der Waals surface area contributed by atoms with Crippen LogP contribution in [0.15, 0.2) is 53.4 Å². The Kier molecular flexibility index (Phi) is 6.32. The van der Waals surface area contributed by atoms with Gasteiger partial charge in [-0.1, -0.05) is 37.6 Å². The highest BCUT2D eigenvalue weighted by Crippen LogP contribution is 2.41. The molecule has 1 aromatic heterocycles. The third-order valence-corrected chi connectivity index (χ3v) is 6.42. The molecule has 2 heterocycles. The Bertz CT molecular complexity index is 1090. The largest absolute Gasteiger partial charge is 0.465 e. The van der Waals surface area contributed by atoms with Crippen molar-refractivity contribution in [3.05, 3.63) is 54.1 Å². The molecule has 1 aliphatic rings. The second kappa shape index (κ2) is 9.14. The van der Waals surface area contributed by atoms with Gasteiger partial charge in [0.05, 0.1) is 23.7 Å². The third-order valence-electron chi connectivity index (χ3n) is 5.68. The van der Waals surface area contributed by atoms with Crippen molar-refractivity contribution in [2.45, 2.75) is 37.6 Å². The first-order chi connectivity index (χ1) is 15.1. The summed E-state index contributed by atoms with van der Waals surface area (Å²) in [4.78, 5) is 34.3. The fourth-order valence-electron chi connectivity index (χ4n) is 4.18. The van der Waals surface area contributed by atoms with E-state index in [1.54, 1.807) is 23.6 Å². The van der Waals surface area contributed by atoms with Crippen molar-refractivity contribution in [1.82, 2.24) is 9.55 Å². The lowest BCUT2D eigenvalue weighted by Gasteiger charge is -2.38. The predicted octanol–water partition coefficient (Wildman–Crippen LogP) is 4.67. The topological polar surface area (TPSA) is 64.4 Å². The van der Waals surface area contributed by atoms with Crippen molar-refractivity contribution < 1.29 is 14.3 Å². The number of ether oxygens (including phenoxy) is 1. The smallest absolute Gasteiger partial charge is 0.321 e. The highest BCUT2D eigenvalue weighted by molar-refractivity contribution is 7.98. The molecule has 1 amide bonds. The number of imidazole rings is 1. The molecule has 6 nitrogen and oxygen atoms in total. The number of esters is 1. The van der Waals surface area contributed by atoms with Crippen molar-refractivity contribution in [3.8, 4) is 0 Å². The fraction of sp³-hybridized carbons (Fsp3) is 0.375. The van der Waals surface area contributed by atoms with E-state index in [4.69, 9.17) is 9.72 Å². The van der Waals surface area contributed by atoms with E-state index in [0.717, 1.165) is 34.3 Å². The van der Waals surface area contributed by atoms with Crippen LogP contribution >= 0.6 is 11.8 Å². The second-order valence-corrected chi connectivity index (χ2v) is 8.44. The summed E-state index contributed by atoms with van der Waals surface area (Å²) >= 11 is 1.65. The lowest BCUT2D eigenvalue weighted by molar-refractivity contribution is -0.153. The summed E-state index contributed by atoms with van der Waals surface area (Å²) in [6, 6.07) is 15.3. The van der Waals surface area contributed by atoms with E-state index >= 15 is 0 Å². The minimum atomic E-state index is -0.956. The van der Waals surface area contributed by atoms with Gasteiger partial charge in [-0.25, -0.2) is 4.98 Å². The van der Waals surface area contributed by atoms with E-state index in [9.17, 15) is 9.59 Å². The van der Waals surface area contributed by atoms with Crippen LogP contribution in [-0.2, 0) is 14.3 Å². The Labute approximate surface area is 186 Å². The maximum Gasteiger partial charge on any atom is 0.321 e. The first-order valence-electron chi connectivity index (χ1n) is 10.7. The average Bonchev–Trinajstić information content (AvgIpc) is 3.17. The molecule has 0 fully saturated rings. The molecule has 4 rings (SSSR count). The highest BCUT2D eigenvalue weighted by atomic mass is 32.2. The summed E-state index contributed by atoms with van der Waals surface area (Å²) in [5.74, 6) is -1.09. The predicted molar refractivity (Wildman–Crippen MR) is 123 cm³/mol. The van der Waals surface area contributed by atoms with Crippen LogP contribution in [0.2, 0.25) is 0 Å². The quantitative estimate of drug-likeness (QED) is 0.305. The zero-order chi connectivity index (χ0) is 22.0. The van der Waals surface area contributed by atoms with Gasteiger partial charge >= 0.3 is 5.97 Å². The molecule has 31 heavy (non-hydrogen) atoms. The molecule has 2 aromatic carbocycles. The molecule has 1 aliphatic heterocycles. The number of hydrogen-bond donors (Lipinski definition) is 0. The fourth-order valence-corrected chi connectivity index (χ4v) is 4.59. The summed E-state index contributed by atoms with van der Waals surface area (Å²) in [6.07, 6.45) is 3.79. The first-order valence-corrected chi connectivity index (χ1v) is 11.9. The number of benzene rings is 2. The summed E-state index contributed by atoms with van der Waals surface area (Å²) in [7, 11) is 0. The number of nitrogens with zero attached hydrogens (tertiary/aromatic N) is 3. The molecule has 7 heteroatoms. The SMILES string of the molecule is CCCCN1C(=O)[C@H](C(=O)OCC)[C@H](c2ccc(SC)cc2)n2c1nc1ccccc12. The maximum absolute atomic E-state index is 13.7. The molecule has 2 atom stereocenters. The summed E-state index contributed by atoms with van der Waals surface area (Å²) in [5.41, 5.74) is 2.60. The van der Waals surface area contributed by atoms with Crippen molar-refractivity contribution in [2.75, 3.05) is 24.3 Å². The summed E-state index contributed by atoms with van der Waals surface area (Å²) in [6.45, 7) is 4.59. The zero-order valence-corrected chi connectivity index (χ0v) is 18.9. The van der Waals surface area contributed by atoms with Crippen molar-refractivity contribution in [3.63, 3.8) is 0 Å². The van der Waals surface area contributed by atoms with E-state index in [1.807, 2.05) is 59.4 Å². The van der Waals surface area contributed by atoms with Crippen molar-refractivity contribution >= 4 is 40.6 Å². The third kappa shape index (κ3) is 3.83. The molecule has 162 valence electrons. The van der Waals surface area contributed by atoms with Gasteiger partial charge in [-0.3, -0.25) is 14.5 Å². The van der Waals surface area contributed by atoms with Crippen LogP contribution in [0, 0.1) is 5.92 Å². The summed E-state index contributed by atoms with van der Waals surface area (Å²) < 4.78 is 7.42. The van der Waals surface area contributed by atoms with Gasteiger partial charge in [0.15, 0.2) is 5.92 Å². The van der Waals surface area contributed by atoms with Gasteiger partial charge in [0.1, 0.15) is 0 Å². The van der Waals surface area contributed by atoms with Gasteiger partial charge in [0, 0.05) is 11.4 Å². The van der Waals surface area contributed by atoms with Crippen LogP contribution in [0.4, 0.5) is 5.95 Å². The number of aromatic nitrogens is 2. The standard InChI is InChI=1S/C24H27N3O3S/c1-4-6-15-26-22(28)20(23(29)30-5-2)21(16-11-13-17(31-3)14-12-16)27-19-10-8-7-9-18(19)25-24(26)27/h7-14,20-21H,4-6,15H2,1-3H3/t20-,21+/m1/s1. The molecular weight excluding hydrogens is 410 g/mol. The number of thioether (sulfide) groups is 1. The average molecular weight is 438 g/mol. The highest BCUT2D eigenvalue weighted by Gasteiger charge is 2.47. The lowest BCUT2D eigenvalue weighted by atomic mass is 9.89. The van der Waals surface area contributed by atoms with E-state index in [2.05, 4.69) is 6.92 Å². The Morgan fingerprint density at radius 2 is 1.87 bits per heavy atom. The van der Waals surface area contributed by atoms with Gasteiger partial charge in [-0.05, 0) is 49.4 Å². The number of amides is 1. The first kappa shape index (κ1) is 21.4.